The zero-order valence-corrected chi connectivity index (χ0v) is 12.1. The Morgan fingerprint density at radius 2 is 2.17 bits per heavy atom. The van der Waals surface area contributed by atoms with E-state index in [9.17, 15) is 8.42 Å². The molecule has 0 bridgehead atoms. The third kappa shape index (κ3) is 6.11. The second-order valence-corrected chi connectivity index (χ2v) is 7.17. The van der Waals surface area contributed by atoms with Gasteiger partial charge in [-0.25, -0.2) is 18.1 Å². The van der Waals surface area contributed by atoms with Crippen LogP contribution in [0.25, 0.3) is 0 Å². The summed E-state index contributed by atoms with van der Waals surface area (Å²) in [5.74, 6) is 1.63. The van der Waals surface area contributed by atoms with Gasteiger partial charge >= 0.3 is 0 Å². The van der Waals surface area contributed by atoms with Crippen LogP contribution < -0.4 is 5.32 Å². The molecule has 0 unspecified atom stereocenters. The van der Waals surface area contributed by atoms with E-state index in [0.29, 0.717) is 25.4 Å². The molecular weight excluding hydrogens is 252 g/mol. The van der Waals surface area contributed by atoms with Crippen molar-refractivity contribution in [3.05, 3.63) is 12.2 Å². The topological polar surface area (TPSA) is 76.9 Å². The van der Waals surface area contributed by atoms with E-state index >= 15 is 0 Å². The molecule has 1 aromatic rings. The minimum Gasteiger partial charge on any atom is -0.310 e. The van der Waals surface area contributed by atoms with E-state index < -0.39 is 9.84 Å². The summed E-state index contributed by atoms with van der Waals surface area (Å²) in [6.07, 6.45) is 3.33. The molecule has 0 atom stereocenters. The van der Waals surface area contributed by atoms with Crippen LogP contribution in [-0.4, -0.2) is 41.7 Å². The van der Waals surface area contributed by atoms with Crippen LogP contribution in [0.5, 0.6) is 0 Å². The fourth-order valence-electron chi connectivity index (χ4n) is 1.56. The fraction of sp³-hybridized carbons (Fsp3) is 0.818. The Morgan fingerprint density at radius 3 is 2.78 bits per heavy atom. The fourth-order valence-corrected chi connectivity index (χ4v) is 2.21. The molecule has 0 spiro atoms. The van der Waals surface area contributed by atoms with Gasteiger partial charge in [0.15, 0.2) is 0 Å². The van der Waals surface area contributed by atoms with E-state index in [1.54, 1.807) is 4.68 Å². The number of sulfone groups is 1. The highest BCUT2D eigenvalue weighted by Crippen LogP contribution is 1.99. The third-order valence-electron chi connectivity index (χ3n) is 2.42. The number of hydrogen-bond acceptors (Lipinski definition) is 5. The number of hydrogen-bond donors (Lipinski definition) is 1. The van der Waals surface area contributed by atoms with Crippen molar-refractivity contribution in [3.63, 3.8) is 0 Å². The van der Waals surface area contributed by atoms with E-state index in [0.717, 1.165) is 12.4 Å². The molecule has 1 N–H and O–H groups in total. The first-order valence-corrected chi connectivity index (χ1v) is 8.19. The Balaban J connectivity index is 2.40. The number of nitrogens with zero attached hydrogens (tertiary/aromatic N) is 3. The van der Waals surface area contributed by atoms with Gasteiger partial charge in [-0.3, -0.25) is 0 Å². The first-order chi connectivity index (χ1) is 8.38. The first kappa shape index (κ1) is 15.1. The Hall–Kier alpha value is -0.950. The second-order valence-electron chi connectivity index (χ2n) is 4.91. The average molecular weight is 274 g/mol. The lowest BCUT2D eigenvalue weighted by Crippen LogP contribution is -2.22. The predicted octanol–water partition coefficient (Wildman–Crippen LogP) is 0.458. The zero-order valence-electron chi connectivity index (χ0n) is 11.3. The van der Waals surface area contributed by atoms with Crippen LogP contribution in [0.1, 0.15) is 26.1 Å². The summed E-state index contributed by atoms with van der Waals surface area (Å²) in [7, 11) is -2.90. The summed E-state index contributed by atoms with van der Waals surface area (Å²) in [5.41, 5.74) is 0. The molecule has 18 heavy (non-hydrogen) atoms. The van der Waals surface area contributed by atoms with Crippen LogP contribution in [0.3, 0.4) is 0 Å². The quantitative estimate of drug-likeness (QED) is 0.745. The Morgan fingerprint density at radius 1 is 1.44 bits per heavy atom. The van der Waals surface area contributed by atoms with E-state index in [2.05, 4.69) is 29.2 Å². The molecular formula is C11H22N4O2S. The number of nitrogens with one attached hydrogen (secondary N) is 1. The maximum Gasteiger partial charge on any atom is 0.147 e. The highest BCUT2D eigenvalue weighted by molar-refractivity contribution is 7.90. The molecule has 0 saturated carbocycles. The van der Waals surface area contributed by atoms with Crippen LogP contribution in [0.4, 0.5) is 0 Å². The predicted molar refractivity (Wildman–Crippen MR) is 70.9 cm³/mol. The van der Waals surface area contributed by atoms with Crippen molar-refractivity contribution in [2.75, 3.05) is 18.6 Å². The van der Waals surface area contributed by atoms with Gasteiger partial charge in [-0.2, -0.15) is 5.10 Å². The molecule has 1 aromatic heterocycles. The molecule has 104 valence electrons. The lowest BCUT2D eigenvalue weighted by molar-refractivity contribution is 0.507. The van der Waals surface area contributed by atoms with Crippen molar-refractivity contribution in [3.8, 4) is 0 Å². The molecule has 0 amide bonds. The van der Waals surface area contributed by atoms with E-state index in [1.165, 1.54) is 12.6 Å². The van der Waals surface area contributed by atoms with Crippen LogP contribution in [-0.2, 0) is 22.9 Å². The second kappa shape index (κ2) is 6.84. The molecule has 0 aliphatic heterocycles. The summed E-state index contributed by atoms with van der Waals surface area (Å²) in [6.45, 7) is 6.46. The van der Waals surface area contributed by atoms with Gasteiger partial charge in [-0.15, -0.1) is 0 Å². The van der Waals surface area contributed by atoms with Gasteiger partial charge < -0.3 is 5.32 Å². The molecule has 0 radical (unpaired) electrons. The van der Waals surface area contributed by atoms with Crippen molar-refractivity contribution in [2.45, 2.75) is 33.4 Å². The molecule has 1 rings (SSSR count). The maximum atomic E-state index is 11.0. The van der Waals surface area contributed by atoms with Gasteiger partial charge in [-0.1, -0.05) is 13.8 Å². The van der Waals surface area contributed by atoms with E-state index in [1.807, 2.05) is 0 Å². The highest BCUT2D eigenvalue weighted by atomic mass is 32.2. The summed E-state index contributed by atoms with van der Waals surface area (Å²) >= 11 is 0. The van der Waals surface area contributed by atoms with E-state index in [-0.39, 0.29) is 5.75 Å². The largest absolute Gasteiger partial charge is 0.310 e. The van der Waals surface area contributed by atoms with Gasteiger partial charge in [0.2, 0.25) is 0 Å². The normalized spacial score (nSPS) is 12.2. The summed E-state index contributed by atoms with van der Waals surface area (Å²) < 4.78 is 23.8. The minimum absolute atomic E-state index is 0.186. The number of aryl methyl sites for hydroxylation is 1. The van der Waals surface area contributed by atoms with Crippen molar-refractivity contribution in [2.24, 2.45) is 5.92 Å². The van der Waals surface area contributed by atoms with E-state index in [4.69, 9.17) is 0 Å². The van der Waals surface area contributed by atoms with Gasteiger partial charge in [0.1, 0.15) is 22.0 Å². The zero-order chi connectivity index (χ0) is 13.6. The highest BCUT2D eigenvalue weighted by Gasteiger charge is 2.06. The van der Waals surface area contributed by atoms with Crippen molar-refractivity contribution in [1.82, 2.24) is 20.1 Å². The monoisotopic (exact) mass is 274 g/mol. The average Bonchev–Trinajstić information content (AvgIpc) is 2.63. The van der Waals surface area contributed by atoms with Crippen LogP contribution in [0.2, 0.25) is 0 Å². The van der Waals surface area contributed by atoms with Crippen molar-refractivity contribution < 1.29 is 8.42 Å². The Kier molecular flexibility index (Phi) is 5.74. The van der Waals surface area contributed by atoms with Crippen molar-refractivity contribution >= 4 is 9.84 Å². The number of rotatable bonds is 8. The van der Waals surface area contributed by atoms with Crippen molar-refractivity contribution in [1.29, 1.82) is 0 Å². The first-order valence-electron chi connectivity index (χ1n) is 6.13. The standard InChI is InChI=1S/C11H22N4O2S/c1-10(2)7-12-8-11-13-9-14-15(11)5-4-6-18(3,16)17/h9-10,12H,4-8H2,1-3H3. The van der Waals surface area contributed by atoms with Gasteiger partial charge in [-0.05, 0) is 18.9 Å². The molecule has 1 heterocycles. The molecule has 0 aliphatic rings. The summed E-state index contributed by atoms with van der Waals surface area (Å²) in [5, 5.41) is 7.40. The summed E-state index contributed by atoms with van der Waals surface area (Å²) in [4.78, 5) is 4.17. The van der Waals surface area contributed by atoms with Crippen LogP contribution in [0, 0.1) is 5.92 Å². The number of aromatic nitrogens is 3. The van der Waals surface area contributed by atoms with Crippen LogP contribution >= 0.6 is 0 Å². The summed E-state index contributed by atoms with van der Waals surface area (Å²) in [6, 6.07) is 0. The molecule has 6 nitrogen and oxygen atoms in total. The Bertz CT molecular complexity index is 453. The molecule has 0 fully saturated rings. The van der Waals surface area contributed by atoms with Crippen LogP contribution in [0.15, 0.2) is 6.33 Å². The lowest BCUT2D eigenvalue weighted by Gasteiger charge is -2.08. The van der Waals surface area contributed by atoms with Gasteiger partial charge in [0.25, 0.3) is 0 Å². The maximum absolute atomic E-state index is 11.0. The molecule has 0 saturated heterocycles. The Labute approximate surface area is 109 Å². The molecule has 7 heteroatoms. The van der Waals surface area contributed by atoms with Gasteiger partial charge in [0, 0.05) is 12.8 Å². The smallest absolute Gasteiger partial charge is 0.147 e. The minimum atomic E-state index is -2.90. The molecule has 0 aliphatic carbocycles. The lowest BCUT2D eigenvalue weighted by atomic mass is 10.2. The van der Waals surface area contributed by atoms with Gasteiger partial charge in [0.05, 0.1) is 12.3 Å². The molecule has 0 aromatic carbocycles. The SMILES string of the molecule is CC(C)CNCc1ncnn1CCCS(C)(=O)=O. The third-order valence-corrected chi connectivity index (χ3v) is 3.45.